The van der Waals surface area contributed by atoms with Crippen molar-refractivity contribution < 1.29 is 8.42 Å². The van der Waals surface area contributed by atoms with Crippen LogP contribution < -0.4 is 0 Å². The van der Waals surface area contributed by atoms with Crippen LogP contribution in [0, 0.1) is 0 Å². The van der Waals surface area contributed by atoms with E-state index in [1.54, 1.807) is 43.7 Å². The van der Waals surface area contributed by atoms with Gasteiger partial charge in [-0.15, -0.1) is 0 Å². The van der Waals surface area contributed by atoms with E-state index in [4.69, 9.17) is 0 Å². The van der Waals surface area contributed by atoms with Gasteiger partial charge in [-0.2, -0.15) is 4.31 Å². The van der Waals surface area contributed by atoms with Gasteiger partial charge < -0.3 is 0 Å². The lowest BCUT2D eigenvalue weighted by atomic mass is 10.1. The largest absolute Gasteiger partial charge is 0.265 e. The fourth-order valence-corrected chi connectivity index (χ4v) is 3.45. The predicted octanol–water partition coefficient (Wildman–Crippen LogP) is 3.23. The Morgan fingerprint density at radius 1 is 1.10 bits per heavy atom. The van der Waals surface area contributed by atoms with Gasteiger partial charge in [0.05, 0.1) is 4.90 Å². The van der Waals surface area contributed by atoms with Gasteiger partial charge in [-0.1, -0.05) is 15.9 Å². The molecular weight excluding hydrogens is 340 g/mol. The van der Waals surface area contributed by atoms with Gasteiger partial charge in [0.15, 0.2) is 0 Å². The van der Waals surface area contributed by atoms with E-state index in [9.17, 15) is 8.42 Å². The maximum Gasteiger partial charge on any atom is 0.243 e. The van der Waals surface area contributed by atoms with Crippen molar-refractivity contribution in [2.45, 2.75) is 17.9 Å². The number of aromatic nitrogens is 1. The summed E-state index contributed by atoms with van der Waals surface area (Å²) >= 11 is 3.30. The third-order valence-corrected chi connectivity index (χ3v) is 5.70. The molecule has 0 amide bonds. The molecule has 20 heavy (non-hydrogen) atoms. The third kappa shape index (κ3) is 3.08. The van der Waals surface area contributed by atoms with Crippen molar-refractivity contribution >= 4 is 26.0 Å². The maximum absolute atomic E-state index is 12.6. The SMILES string of the molecule is CC(c1ccncc1)N(C)S(=O)(=O)c1ccc(Br)cc1. The molecule has 1 unspecified atom stereocenters. The fourth-order valence-electron chi connectivity index (χ4n) is 1.83. The highest BCUT2D eigenvalue weighted by Gasteiger charge is 2.26. The van der Waals surface area contributed by atoms with Crippen LogP contribution in [0.4, 0.5) is 0 Å². The molecule has 0 aliphatic heterocycles. The minimum atomic E-state index is -3.51. The summed E-state index contributed by atoms with van der Waals surface area (Å²) in [6.45, 7) is 1.85. The molecule has 1 aromatic heterocycles. The molecule has 0 saturated heterocycles. The second-order valence-electron chi connectivity index (χ2n) is 4.43. The van der Waals surface area contributed by atoms with Crippen LogP contribution in [-0.2, 0) is 10.0 Å². The number of benzene rings is 1. The monoisotopic (exact) mass is 354 g/mol. The van der Waals surface area contributed by atoms with Gasteiger partial charge in [0.1, 0.15) is 0 Å². The number of sulfonamides is 1. The molecule has 6 heteroatoms. The number of nitrogens with zero attached hydrogens (tertiary/aromatic N) is 2. The molecule has 0 spiro atoms. The predicted molar refractivity (Wildman–Crippen MR) is 81.7 cm³/mol. The molecule has 0 aliphatic rings. The van der Waals surface area contributed by atoms with Gasteiger partial charge in [0.25, 0.3) is 0 Å². The Bertz CT molecular complexity index is 672. The first kappa shape index (κ1) is 15.2. The lowest BCUT2D eigenvalue weighted by molar-refractivity contribution is 0.398. The number of halogens is 1. The summed E-state index contributed by atoms with van der Waals surface area (Å²) in [7, 11) is -1.93. The average molecular weight is 355 g/mol. The molecule has 0 radical (unpaired) electrons. The summed E-state index contributed by atoms with van der Waals surface area (Å²) in [4.78, 5) is 4.23. The van der Waals surface area contributed by atoms with Crippen LogP contribution in [0.25, 0.3) is 0 Å². The molecule has 1 atom stereocenters. The van der Waals surface area contributed by atoms with Crippen molar-refractivity contribution in [1.29, 1.82) is 0 Å². The first-order chi connectivity index (χ1) is 9.43. The van der Waals surface area contributed by atoms with Gasteiger partial charge in [0.2, 0.25) is 10.0 Å². The highest BCUT2D eigenvalue weighted by Crippen LogP contribution is 2.25. The highest BCUT2D eigenvalue weighted by atomic mass is 79.9. The number of rotatable bonds is 4. The fraction of sp³-hybridized carbons (Fsp3) is 0.214. The Hall–Kier alpha value is -1.24. The van der Waals surface area contributed by atoms with E-state index < -0.39 is 10.0 Å². The molecule has 0 N–H and O–H groups in total. The van der Waals surface area contributed by atoms with Crippen LogP contribution in [0.2, 0.25) is 0 Å². The van der Waals surface area contributed by atoms with Crippen LogP contribution in [0.3, 0.4) is 0 Å². The standard InChI is InChI=1S/C14H15BrN2O2S/c1-11(12-7-9-16-10-8-12)17(2)20(18,19)14-5-3-13(15)4-6-14/h3-11H,1-2H3. The van der Waals surface area contributed by atoms with E-state index in [0.29, 0.717) is 0 Å². The molecular formula is C14H15BrN2O2S. The van der Waals surface area contributed by atoms with Gasteiger partial charge >= 0.3 is 0 Å². The lowest BCUT2D eigenvalue weighted by Gasteiger charge is -2.24. The summed E-state index contributed by atoms with van der Waals surface area (Å²) in [6, 6.07) is 10.0. The van der Waals surface area contributed by atoms with E-state index in [1.807, 2.05) is 19.1 Å². The zero-order valence-corrected chi connectivity index (χ0v) is 13.6. The zero-order chi connectivity index (χ0) is 14.8. The smallest absolute Gasteiger partial charge is 0.243 e. The van der Waals surface area contributed by atoms with Crippen molar-refractivity contribution in [3.63, 3.8) is 0 Å². The molecule has 2 aromatic rings. The van der Waals surface area contributed by atoms with Crippen LogP contribution in [0.1, 0.15) is 18.5 Å². The number of hydrogen-bond acceptors (Lipinski definition) is 3. The Morgan fingerprint density at radius 3 is 2.20 bits per heavy atom. The van der Waals surface area contributed by atoms with Crippen LogP contribution in [0.5, 0.6) is 0 Å². The Balaban J connectivity index is 2.32. The molecule has 0 bridgehead atoms. The maximum atomic E-state index is 12.6. The first-order valence-electron chi connectivity index (χ1n) is 6.06. The topological polar surface area (TPSA) is 50.3 Å². The van der Waals surface area contributed by atoms with Gasteiger partial charge in [-0.3, -0.25) is 4.98 Å². The van der Waals surface area contributed by atoms with Crippen molar-refractivity contribution in [1.82, 2.24) is 9.29 Å². The van der Waals surface area contributed by atoms with E-state index in [1.165, 1.54) is 4.31 Å². The summed E-state index contributed by atoms with van der Waals surface area (Å²) in [5, 5.41) is 0. The molecule has 2 rings (SSSR count). The lowest BCUT2D eigenvalue weighted by Crippen LogP contribution is -2.29. The Kier molecular flexibility index (Phi) is 4.57. The Labute approximate surface area is 127 Å². The van der Waals surface area contributed by atoms with Gasteiger partial charge in [-0.25, -0.2) is 8.42 Å². The number of pyridine rings is 1. The van der Waals surface area contributed by atoms with Gasteiger partial charge in [0, 0.05) is 30.0 Å². The second-order valence-corrected chi connectivity index (χ2v) is 7.34. The van der Waals surface area contributed by atoms with E-state index in [0.717, 1.165) is 10.0 Å². The minimum Gasteiger partial charge on any atom is -0.265 e. The Morgan fingerprint density at radius 2 is 1.65 bits per heavy atom. The quantitative estimate of drug-likeness (QED) is 0.846. The first-order valence-corrected chi connectivity index (χ1v) is 8.30. The van der Waals surface area contributed by atoms with Crippen molar-refractivity contribution in [2.24, 2.45) is 0 Å². The molecule has 0 aliphatic carbocycles. The average Bonchev–Trinajstić information content (AvgIpc) is 2.47. The van der Waals surface area contributed by atoms with Crippen LogP contribution >= 0.6 is 15.9 Å². The van der Waals surface area contributed by atoms with Crippen molar-refractivity contribution in [3.05, 3.63) is 58.8 Å². The molecule has 106 valence electrons. The second kappa shape index (κ2) is 6.03. The molecule has 0 fully saturated rings. The highest BCUT2D eigenvalue weighted by molar-refractivity contribution is 9.10. The summed E-state index contributed by atoms with van der Waals surface area (Å²) in [5.41, 5.74) is 0.906. The minimum absolute atomic E-state index is 0.258. The number of hydrogen-bond donors (Lipinski definition) is 0. The molecule has 0 saturated carbocycles. The van der Waals surface area contributed by atoms with Gasteiger partial charge in [-0.05, 0) is 48.9 Å². The van der Waals surface area contributed by atoms with Crippen molar-refractivity contribution in [3.8, 4) is 0 Å². The zero-order valence-electron chi connectivity index (χ0n) is 11.2. The van der Waals surface area contributed by atoms with Crippen LogP contribution in [0.15, 0.2) is 58.2 Å². The van der Waals surface area contributed by atoms with E-state index >= 15 is 0 Å². The van der Waals surface area contributed by atoms with E-state index in [-0.39, 0.29) is 10.9 Å². The molecule has 1 heterocycles. The van der Waals surface area contributed by atoms with Crippen LogP contribution in [-0.4, -0.2) is 24.8 Å². The third-order valence-electron chi connectivity index (χ3n) is 3.22. The summed E-state index contributed by atoms with van der Waals surface area (Å²) < 4.78 is 27.3. The van der Waals surface area contributed by atoms with E-state index in [2.05, 4.69) is 20.9 Å². The van der Waals surface area contributed by atoms with Crippen molar-refractivity contribution in [2.75, 3.05) is 7.05 Å². The molecule has 4 nitrogen and oxygen atoms in total. The normalized spacial score (nSPS) is 13.4. The summed E-state index contributed by atoms with van der Waals surface area (Å²) in [5.74, 6) is 0. The summed E-state index contributed by atoms with van der Waals surface area (Å²) in [6.07, 6.45) is 3.32. The molecule has 1 aromatic carbocycles.